The van der Waals surface area contributed by atoms with Gasteiger partial charge in [0.2, 0.25) is 0 Å². The molecule has 0 atom stereocenters. The summed E-state index contributed by atoms with van der Waals surface area (Å²) in [5.74, 6) is 2.87. The summed E-state index contributed by atoms with van der Waals surface area (Å²) in [5, 5.41) is 3.40. The summed E-state index contributed by atoms with van der Waals surface area (Å²) in [6, 6.07) is 8.53. The Kier molecular flexibility index (Phi) is 5.57. The SMILES string of the molecule is CC(C)CNCCc1ncc(-c2ccc(C(C)C)cc2)o1. The number of rotatable bonds is 7. The van der Waals surface area contributed by atoms with Crippen molar-refractivity contribution in [1.82, 2.24) is 10.3 Å². The molecule has 2 rings (SSSR count). The Morgan fingerprint density at radius 3 is 2.43 bits per heavy atom. The smallest absolute Gasteiger partial charge is 0.196 e. The van der Waals surface area contributed by atoms with Crippen LogP contribution in [-0.4, -0.2) is 18.1 Å². The fourth-order valence-corrected chi connectivity index (χ4v) is 2.18. The molecular formula is C18H26N2O. The van der Waals surface area contributed by atoms with Gasteiger partial charge >= 0.3 is 0 Å². The summed E-state index contributed by atoms with van der Waals surface area (Å²) in [7, 11) is 0. The predicted octanol–water partition coefficient (Wildman–Crippen LogP) is 4.25. The Morgan fingerprint density at radius 2 is 1.81 bits per heavy atom. The van der Waals surface area contributed by atoms with Crippen molar-refractivity contribution >= 4 is 0 Å². The second kappa shape index (κ2) is 7.41. The molecule has 0 amide bonds. The number of benzene rings is 1. The van der Waals surface area contributed by atoms with E-state index in [9.17, 15) is 0 Å². The van der Waals surface area contributed by atoms with Crippen molar-refractivity contribution in [2.75, 3.05) is 13.1 Å². The molecule has 0 radical (unpaired) electrons. The maximum atomic E-state index is 5.83. The lowest BCUT2D eigenvalue weighted by molar-refractivity contribution is 0.483. The van der Waals surface area contributed by atoms with E-state index in [0.717, 1.165) is 36.7 Å². The van der Waals surface area contributed by atoms with Crippen LogP contribution < -0.4 is 5.32 Å². The molecule has 0 aliphatic carbocycles. The van der Waals surface area contributed by atoms with Crippen molar-refractivity contribution < 1.29 is 4.42 Å². The van der Waals surface area contributed by atoms with E-state index in [1.54, 1.807) is 0 Å². The molecular weight excluding hydrogens is 260 g/mol. The van der Waals surface area contributed by atoms with E-state index < -0.39 is 0 Å². The van der Waals surface area contributed by atoms with Gasteiger partial charge in [-0.15, -0.1) is 0 Å². The molecule has 0 aliphatic rings. The van der Waals surface area contributed by atoms with Crippen LogP contribution >= 0.6 is 0 Å². The fourth-order valence-electron chi connectivity index (χ4n) is 2.18. The van der Waals surface area contributed by atoms with Gasteiger partial charge in [-0.05, 0) is 23.9 Å². The molecule has 1 aromatic heterocycles. The van der Waals surface area contributed by atoms with Crippen LogP contribution in [0.15, 0.2) is 34.9 Å². The number of oxazole rings is 1. The summed E-state index contributed by atoms with van der Waals surface area (Å²) in [6.45, 7) is 10.8. The van der Waals surface area contributed by atoms with Gasteiger partial charge in [0.15, 0.2) is 11.7 Å². The zero-order chi connectivity index (χ0) is 15.2. The fraction of sp³-hybridized carbons (Fsp3) is 0.500. The number of hydrogen-bond acceptors (Lipinski definition) is 3. The molecule has 0 unspecified atom stereocenters. The first-order valence-corrected chi connectivity index (χ1v) is 7.82. The molecule has 1 N–H and O–H groups in total. The molecule has 0 saturated carbocycles. The molecule has 0 spiro atoms. The van der Waals surface area contributed by atoms with Crippen LogP contribution in [0.3, 0.4) is 0 Å². The number of hydrogen-bond donors (Lipinski definition) is 1. The number of aromatic nitrogens is 1. The van der Waals surface area contributed by atoms with E-state index in [1.165, 1.54) is 5.56 Å². The van der Waals surface area contributed by atoms with Gasteiger partial charge in [0.1, 0.15) is 0 Å². The van der Waals surface area contributed by atoms with E-state index in [2.05, 4.69) is 62.3 Å². The van der Waals surface area contributed by atoms with Crippen LogP contribution in [-0.2, 0) is 6.42 Å². The molecule has 114 valence electrons. The van der Waals surface area contributed by atoms with Crippen molar-refractivity contribution in [3.05, 3.63) is 41.9 Å². The molecule has 21 heavy (non-hydrogen) atoms. The molecule has 0 saturated heterocycles. The second-order valence-corrected chi connectivity index (χ2v) is 6.24. The van der Waals surface area contributed by atoms with Crippen molar-refractivity contribution in [2.24, 2.45) is 5.92 Å². The Hall–Kier alpha value is -1.61. The van der Waals surface area contributed by atoms with Gasteiger partial charge in [-0.1, -0.05) is 52.0 Å². The average molecular weight is 286 g/mol. The number of nitrogens with zero attached hydrogens (tertiary/aromatic N) is 1. The molecule has 0 aliphatic heterocycles. The first kappa shape index (κ1) is 15.8. The van der Waals surface area contributed by atoms with E-state index in [-0.39, 0.29) is 0 Å². The topological polar surface area (TPSA) is 38.1 Å². The van der Waals surface area contributed by atoms with Gasteiger partial charge in [-0.3, -0.25) is 0 Å². The molecule has 2 aromatic rings. The second-order valence-electron chi connectivity index (χ2n) is 6.24. The third-order valence-electron chi connectivity index (χ3n) is 3.48. The minimum absolute atomic E-state index is 0.552. The van der Waals surface area contributed by atoms with Gasteiger partial charge in [-0.2, -0.15) is 0 Å². The predicted molar refractivity (Wildman–Crippen MR) is 87.4 cm³/mol. The Balaban J connectivity index is 1.93. The summed E-state index contributed by atoms with van der Waals surface area (Å²) in [6.07, 6.45) is 2.65. The van der Waals surface area contributed by atoms with Gasteiger partial charge in [0.05, 0.1) is 6.20 Å². The van der Waals surface area contributed by atoms with Crippen molar-refractivity contribution in [3.8, 4) is 11.3 Å². The van der Waals surface area contributed by atoms with Crippen LogP contribution in [0, 0.1) is 5.92 Å². The van der Waals surface area contributed by atoms with E-state index in [1.807, 2.05) is 6.20 Å². The maximum Gasteiger partial charge on any atom is 0.196 e. The lowest BCUT2D eigenvalue weighted by Crippen LogP contribution is -2.22. The summed E-state index contributed by atoms with van der Waals surface area (Å²) < 4.78 is 5.83. The first-order valence-electron chi connectivity index (χ1n) is 7.82. The lowest BCUT2D eigenvalue weighted by atomic mass is 10.0. The largest absolute Gasteiger partial charge is 0.441 e. The monoisotopic (exact) mass is 286 g/mol. The molecule has 3 nitrogen and oxygen atoms in total. The highest BCUT2D eigenvalue weighted by Gasteiger charge is 2.07. The van der Waals surface area contributed by atoms with Crippen LogP contribution in [0.1, 0.15) is 45.1 Å². The highest BCUT2D eigenvalue weighted by atomic mass is 16.4. The van der Waals surface area contributed by atoms with Crippen LogP contribution in [0.5, 0.6) is 0 Å². The molecule has 3 heteroatoms. The van der Waals surface area contributed by atoms with Crippen molar-refractivity contribution in [3.63, 3.8) is 0 Å². The standard InChI is InChI=1S/C18H26N2O/c1-13(2)11-19-10-9-18-20-12-17(21-18)16-7-5-15(6-8-16)14(3)4/h5-8,12-14,19H,9-11H2,1-4H3. The third-order valence-corrected chi connectivity index (χ3v) is 3.48. The number of nitrogens with one attached hydrogen (secondary N) is 1. The molecule has 0 bridgehead atoms. The van der Waals surface area contributed by atoms with E-state index in [4.69, 9.17) is 4.42 Å². The first-order chi connectivity index (χ1) is 10.1. The van der Waals surface area contributed by atoms with Crippen LogP contribution in [0.4, 0.5) is 0 Å². The Bertz CT molecular complexity index is 541. The lowest BCUT2D eigenvalue weighted by Gasteiger charge is -2.06. The van der Waals surface area contributed by atoms with E-state index in [0.29, 0.717) is 11.8 Å². The highest BCUT2D eigenvalue weighted by Crippen LogP contribution is 2.23. The maximum absolute atomic E-state index is 5.83. The average Bonchev–Trinajstić information content (AvgIpc) is 2.92. The molecule has 0 fully saturated rings. The zero-order valence-electron chi connectivity index (χ0n) is 13.5. The molecule has 1 aromatic carbocycles. The van der Waals surface area contributed by atoms with Crippen molar-refractivity contribution in [2.45, 2.75) is 40.0 Å². The minimum atomic E-state index is 0.552. The Labute approximate surface area is 127 Å². The summed E-state index contributed by atoms with van der Waals surface area (Å²) in [4.78, 5) is 4.36. The van der Waals surface area contributed by atoms with Gasteiger partial charge in [0.25, 0.3) is 0 Å². The molecule has 1 heterocycles. The van der Waals surface area contributed by atoms with E-state index >= 15 is 0 Å². The normalized spacial score (nSPS) is 11.5. The van der Waals surface area contributed by atoms with Gasteiger partial charge < -0.3 is 9.73 Å². The zero-order valence-corrected chi connectivity index (χ0v) is 13.5. The third kappa shape index (κ3) is 4.71. The minimum Gasteiger partial charge on any atom is -0.441 e. The van der Waals surface area contributed by atoms with Crippen LogP contribution in [0.25, 0.3) is 11.3 Å². The highest BCUT2D eigenvalue weighted by molar-refractivity contribution is 5.56. The van der Waals surface area contributed by atoms with Gasteiger partial charge in [0, 0.05) is 18.5 Å². The van der Waals surface area contributed by atoms with Crippen LogP contribution in [0.2, 0.25) is 0 Å². The quantitative estimate of drug-likeness (QED) is 0.773. The van der Waals surface area contributed by atoms with Gasteiger partial charge in [-0.25, -0.2) is 4.98 Å². The summed E-state index contributed by atoms with van der Waals surface area (Å²) in [5.41, 5.74) is 2.43. The van der Waals surface area contributed by atoms with Crippen molar-refractivity contribution in [1.29, 1.82) is 0 Å². The summed E-state index contributed by atoms with van der Waals surface area (Å²) >= 11 is 0. The Morgan fingerprint density at radius 1 is 1.10 bits per heavy atom.